The predicted octanol–water partition coefficient (Wildman–Crippen LogP) is 1.85. The van der Waals surface area contributed by atoms with E-state index in [1.807, 2.05) is 12.1 Å². The molecule has 1 atom stereocenters. The molecule has 1 unspecified atom stereocenters. The first-order chi connectivity index (χ1) is 8.81. The molecule has 5 heteroatoms. The van der Waals surface area contributed by atoms with Crippen molar-refractivity contribution >= 4 is 18.3 Å². The number of methoxy groups -OCH3 is 1. The highest BCUT2D eigenvalue weighted by atomic mass is 35.5. The Morgan fingerprint density at radius 3 is 2.95 bits per heavy atom. The van der Waals surface area contributed by atoms with Crippen LogP contribution in [0, 0.1) is 5.92 Å². The van der Waals surface area contributed by atoms with Crippen molar-refractivity contribution in [2.75, 3.05) is 26.7 Å². The molecule has 1 fully saturated rings. The number of nitrogens with one attached hydrogen (secondary N) is 2. The maximum Gasteiger partial charge on any atom is 0.255 e. The van der Waals surface area contributed by atoms with Crippen LogP contribution in [0.2, 0.25) is 0 Å². The summed E-state index contributed by atoms with van der Waals surface area (Å²) in [5.74, 6) is 1.26. The zero-order valence-electron chi connectivity index (χ0n) is 11.1. The zero-order chi connectivity index (χ0) is 12.8. The second-order valence-electron chi connectivity index (χ2n) is 4.60. The summed E-state index contributed by atoms with van der Waals surface area (Å²) in [6, 6.07) is 7.29. The summed E-state index contributed by atoms with van der Waals surface area (Å²) < 4.78 is 5.18. The Morgan fingerprint density at radius 1 is 1.47 bits per heavy atom. The molecule has 2 N–H and O–H groups in total. The first-order valence-corrected chi connectivity index (χ1v) is 6.43. The van der Waals surface area contributed by atoms with Crippen LogP contribution in [0.25, 0.3) is 0 Å². The average molecular weight is 285 g/mol. The van der Waals surface area contributed by atoms with Gasteiger partial charge in [0.05, 0.1) is 12.7 Å². The summed E-state index contributed by atoms with van der Waals surface area (Å²) in [6.07, 6.45) is 2.25. The number of ether oxygens (including phenoxy) is 1. The maximum atomic E-state index is 12.0. The molecule has 19 heavy (non-hydrogen) atoms. The topological polar surface area (TPSA) is 50.4 Å². The van der Waals surface area contributed by atoms with Gasteiger partial charge < -0.3 is 15.4 Å². The molecule has 0 aliphatic carbocycles. The van der Waals surface area contributed by atoms with Gasteiger partial charge in [-0.15, -0.1) is 12.4 Å². The fourth-order valence-corrected chi connectivity index (χ4v) is 2.28. The Morgan fingerprint density at radius 2 is 2.26 bits per heavy atom. The second kappa shape index (κ2) is 8.02. The fraction of sp³-hybridized carbons (Fsp3) is 0.500. The number of halogens is 1. The van der Waals surface area contributed by atoms with Crippen molar-refractivity contribution in [2.24, 2.45) is 5.92 Å². The van der Waals surface area contributed by atoms with E-state index in [0.717, 1.165) is 26.1 Å². The third-order valence-electron chi connectivity index (χ3n) is 3.35. The van der Waals surface area contributed by atoms with Crippen LogP contribution in [-0.2, 0) is 0 Å². The molecule has 0 aromatic heterocycles. The maximum absolute atomic E-state index is 12.0. The Bertz CT molecular complexity index is 406. The van der Waals surface area contributed by atoms with Crippen LogP contribution in [0.3, 0.4) is 0 Å². The molecule has 1 aliphatic heterocycles. The molecular formula is C14H21ClN2O2. The molecule has 1 aliphatic rings. The van der Waals surface area contributed by atoms with Crippen molar-refractivity contribution in [3.63, 3.8) is 0 Å². The lowest BCUT2D eigenvalue weighted by Gasteiger charge is -2.11. The van der Waals surface area contributed by atoms with E-state index in [0.29, 0.717) is 17.2 Å². The van der Waals surface area contributed by atoms with Crippen LogP contribution in [-0.4, -0.2) is 32.7 Å². The Hall–Kier alpha value is -1.26. The van der Waals surface area contributed by atoms with Crippen molar-refractivity contribution < 1.29 is 9.53 Å². The summed E-state index contributed by atoms with van der Waals surface area (Å²) in [6.45, 7) is 2.90. The number of hydrogen-bond acceptors (Lipinski definition) is 3. The highest BCUT2D eigenvalue weighted by Crippen LogP contribution is 2.17. The lowest BCUT2D eigenvalue weighted by Crippen LogP contribution is -2.26. The van der Waals surface area contributed by atoms with E-state index in [4.69, 9.17) is 4.74 Å². The van der Waals surface area contributed by atoms with Gasteiger partial charge in [-0.1, -0.05) is 12.1 Å². The van der Waals surface area contributed by atoms with Gasteiger partial charge in [-0.25, -0.2) is 0 Å². The van der Waals surface area contributed by atoms with Gasteiger partial charge in [0.15, 0.2) is 0 Å². The minimum atomic E-state index is -0.0570. The molecule has 1 saturated heterocycles. The summed E-state index contributed by atoms with van der Waals surface area (Å²) in [5.41, 5.74) is 0.601. The Kier molecular flexibility index (Phi) is 6.67. The standard InChI is InChI=1S/C14H20N2O2.ClH/c1-18-13-5-3-2-4-12(13)14(17)16-9-7-11-6-8-15-10-11;/h2-5,11,15H,6-10H2,1H3,(H,16,17);1H. The largest absolute Gasteiger partial charge is 0.496 e. The van der Waals surface area contributed by atoms with E-state index in [1.54, 1.807) is 19.2 Å². The van der Waals surface area contributed by atoms with Crippen molar-refractivity contribution in [3.8, 4) is 5.75 Å². The Labute approximate surface area is 120 Å². The van der Waals surface area contributed by atoms with Gasteiger partial charge in [0.1, 0.15) is 5.75 Å². The van der Waals surface area contributed by atoms with Gasteiger partial charge in [-0.2, -0.15) is 0 Å². The van der Waals surface area contributed by atoms with Crippen LogP contribution in [0.1, 0.15) is 23.2 Å². The number of amides is 1. The first-order valence-electron chi connectivity index (χ1n) is 6.43. The lowest BCUT2D eigenvalue weighted by atomic mass is 10.1. The van der Waals surface area contributed by atoms with Crippen LogP contribution < -0.4 is 15.4 Å². The second-order valence-corrected chi connectivity index (χ2v) is 4.60. The molecule has 0 spiro atoms. The number of para-hydroxylation sites is 1. The zero-order valence-corrected chi connectivity index (χ0v) is 12.0. The van der Waals surface area contributed by atoms with Gasteiger partial charge in [0.2, 0.25) is 0 Å². The lowest BCUT2D eigenvalue weighted by molar-refractivity contribution is 0.0948. The molecule has 2 rings (SSSR count). The summed E-state index contributed by atoms with van der Waals surface area (Å²) >= 11 is 0. The van der Waals surface area contributed by atoms with Crippen LogP contribution in [0.5, 0.6) is 5.75 Å². The van der Waals surface area contributed by atoms with Crippen molar-refractivity contribution in [2.45, 2.75) is 12.8 Å². The van der Waals surface area contributed by atoms with Crippen molar-refractivity contribution in [1.29, 1.82) is 0 Å². The monoisotopic (exact) mass is 284 g/mol. The van der Waals surface area contributed by atoms with Gasteiger partial charge in [-0.3, -0.25) is 4.79 Å². The van der Waals surface area contributed by atoms with Gasteiger partial charge in [-0.05, 0) is 44.0 Å². The number of rotatable bonds is 5. The molecule has 4 nitrogen and oxygen atoms in total. The molecule has 1 aromatic rings. The van der Waals surface area contributed by atoms with E-state index in [1.165, 1.54) is 6.42 Å². The van der Waals surface area contributed by atoms with Crippen LogP contribution >= 0.6 is 12.4 Å². The van der Waals surface area contributed by atoms with Crippen molar-refractivity contribution in [1.82, 2.24) is 10.6 Å². The average Bonchev–Trinajstić information content (AvgIpc) is 2.91. The van der Waals surface area contributed by atoms with E-state index in [9.17, 15) is 4.79 Å². The highest BCUT2D eigenvalue weighted by molar-refractivity contribution is 5.96. The SMILES string of the molecule is COc1ccccc1C(=O)NCCC1CCNC1.Cl. The summed E-state index contributed by atoms with van der Waals surface area (Å²) in [4.78, 5) is 12.0. The fourth-order valence-electron chi connectivity index (χ4n) is 2.28. The molecule has 106 valence electrons. The van der Waals surface area contributed by atoms with E-state index in [2.05, 4.69) is 10.6 Å². The molecule has 0 radical (unpaired) electrons. The van der Waals surface area contributed by atoms with E-state index < -0.39 is 0 Å². The minimum Gasteiger partial charge on any atom is -0.496 e. The summed E-state index contributed by atoms with van der Waals surface area (Å²) in [5, 5.41) is 6.28. The van der Waals surface area contributed by atoms with Crippen LogP contribution in [0.4, 0.5) is 0 Å². The third-order valence-corrected chi connectivity index (χ3v) is 3.35. The van der Waals surface area contributed by atoms with Crippen molar-refractivity contribution in [3.05, 3.63) is 29.8 Å². The predicted molar refractivity (Wildman–Crippen MR) is 78.2 cm³/mol. The third kappa shape index (κ3) is 4.40. The molecular weight excluding hydrogens is 264 g/mol. The normalized spacial score (nSPS) is 17.6. The number of carbonyl (C=O) groups excluding carboxylic acids is 1. The molecule has 1 amide bonds. The minimum absolute atomic E-state index is 0. The molecule has 0 bridgehead atoms. The first kappa shape index (κ1) is 15.8. The molecule has 1 heterocycles. The van der Waals surface area contributed by atoms with Gasteiger partial charge >= 0.3 is 0 Å². The van der Waals surface area contributed by atoms with Gasteiger partial charge in [0.25, 0.3) is 5.91 Å². The summed E-state index contributed by atoms with van der Waals surface area (Å²) in [7, 11) is 1.58. The van der Waals surface area contributed by atoms with Crippen LogP contribution in [0.15, 0.2) is 24.3 Å². The quantitative estimate of drug-likeness (QED) is 0.868. The van der Waals surface area contributed by atoms with Gasteiger partial charge in [0, 0.05) is 6.54 Å². The van der Waals surface area contributed by atoms with E-state index in [-0.39, 0.29) is 18.3 Å². The smallest absolute Gasteiger partial charge is 0.255 e. The molecule has 1 aromatic carbocycles. The highest BCUT2D eigenvalue weighted by Gasteiger charge is 2.15. The molecule has 0 saturated carbocycles. The number of benzene rings is 1. The number of carbonyl (C=O) groups is 1. The van der Waals surface area contributed by atoms with E-state index >= 15 is 0 Å². The Balaban J connectivity index is 0.00000180. The number of hydrogen-bond donors (Lipinski definition) is 2.